The van der Waals surface area contributed by atoms with Crippen molar-refractivity contribution in [1.82, 2.24) is 10.6 Å². The van der Waals surface area contributed by atoms with E-state index in [2.05, 4.69) is 39.9 Å². The number of amides is 1. The molecular formula is C23H32N4O2. The molecule has 2 N–H and O–H groups in total. The van der Waals surface area contributed by atoms with Crippen molar-refractivity contribution in [2.24, 2.45) is 16.3 Å². The lowest BCUT2D eigenvalue weighted by molar-refractivity contribution is -0.125. The summed E-state index contributed by atoms with van der Waals surface area (Å²) in [6.45, 7) is 2.47. The van der Waals surface area contributed by atoms with Gasteiger partial charge in [-0.2, -0.15) is 0 Å². The number of aliphatic imine (C=N–C) groups is 1. The zero-order chi connectivity index (χ0) is 19.8. The Morgan fingerprint density at radius 2 is 2.03 bits per heavy atom. The number of guanidine groups is 1. The lowest BCUT2D eigenvalue weighted by atomic mass is 9.54. The molecule has 0 radical (unpaired) electrons. The number of ether oxygens (including phenoxy) is 1. The normalized spacial score (nSPS) is 30.5. The first-order valence-corrected chi connectivity index (χ1v) is 11.2. The van der Waals surface area contributed by atoms with Crippen molar-refractivity contribution in [3.05, 3.63) is 29.8 Å². The van der Waals surface area contributed by atoms with Gasteiger partial charge in [0, 0.05) is 56.2 Å². The van der Waals surface area contributed by atoms with Crippen molar-refractivity contribution in [3.63, 3.8) is 0 Å². The van der Waals surface area contributed by atoms with Gasteiger partial charge in [0.1, 0.15) is 0 Å². The Bertz CT molecular complexity index is 785. The van der Waals surface area contributed by atoms with Crippen LogP contribution in [0.3, 0.4) is 0 Å². The van der Waals surface area contributed by atoms with Gasteiger partial charge in [-0.1, -0.05) is 25.0 Å². The van der Waals surface area contributed by atoms with E-state index < -0.39 is 0 Å². The topological polar surface area (TPSA) is 66.0 Å². The average Bonchev–Trinajstić information content (AvgIpc) is 3.48. The van der Waals surface area contributed by atoms with Crippen LogP contribution in [0.4, 0.5) is 5.69 Å². The molecule has 4 fully saturated rings. The van der Waals surface area contributed by atoms with Crippen LogP contribution < -0.4 is 15.5 Å². The van der Waals surface area contributed by atoms with Gasteiger partial charge in [0.2, 0.25) is 5.91 Å². The summed E-state index contributed by atoms with van der Waals surface area (Å²) in [6.07, 6.45) is 8.45. The van der Waals surface area contributed by atoms with Crippen molar-refractivity contribution in [1.29, 1.82) is 0 Å². The monoisotopic (exact) mass is 396 g/mol. The highest BCUT2D eigenvalue weighted by atomic mass is 16.5. The molecular weight excluding hydrogens is 364 g/mol. The zero-order valence-corrected chi connectivity index (χ0v) is 17.3. The Morgan fingerprint density at radius 1 is 1.24 bits per heavy atom. The first-order valence-electron chi connectivity index (χ1n) is 11.2. The SMILES string of the molecule is CN=C(NCc1ccc(N2CCCC2=O)cc1)NC1C2CCOC2C12CCCC2. The molecule has 4 aliphatic rings. The number of rotatable bonds is 4. The van der Waals surface area contributed by atoms with Gasteiger partial charge in [-0.3, -0.25) is 9.79 Å². The van der Waals surface area contributed by atoms with Crippen LogP contribution in [0, 0.1) is 11.3 Å². The third-order valence-electron chi connectivity index (χ3n) is 7.58. The number of fused-ring (bicyclic) bond motifs is 2. The predicted octanol–water partition coefficient (Wildman–Crippen LogP) is 2.83. The largest absolute Gasteiger partial charge is 0.377 e. The second-order valence-corrected chi connectivity index (χ2v) is 9.05. The minimum Gasteiger partial charge on any atom is -0.377 e. The fraction of sp³-hybridized carbons (Fsp3) is 0.652. The number of nitrogens with one attached hydrogen (secondary N) is 2. The van der Waals surface area contributed by atoms with E-state index in [-0.39, 0.29) is 5.91 Å². The molecule has 2 aliphatic heterocycles. The molecule has 1 aromatic carbocycles. The molecule has 156 valence electrons. The molecule has 6 nitrogen and oxygen atoms in total. The van der Waals surface area contributed by atoms with Gasteiger partial charge in [-0.05, 0) is 43.4 Å². The van der Waals surface area contributed by atoms with E-state index in [0.29, 0.717) is 29.9 Å². The van der Waals surface area contributed by atoms with E-state index in [1.54, 1.807) is 0 Å². The maximum Gasteiger partial charge on any atom is 0.227 e. The van der Waals surface area contributed by atoms with Crippen LogP contribution in [0.5, 0.6) is 0 Å². The summed E-state index contributed by atoms with van der Waals surface area (Å²) >= 11 is 0. The molecule has 0 aromatic heterocycles. The van der Waals surface area contributed by atoms with Gasteiger partial charge in [0.25, 0.3) is 0 Å². The number of benzene rings is 1. The van der Waals surface area contributed by atoms with Gasteiger partial charge in [-0.25, -0.2) is 0 Å². The Balaban J connectivity index is 1.19. The molecule has 2 saturated carbocycles. The molecule has 3 unspecified atom stereocenters. The third-order valence-corrected chi connectivity index (χ3v) is 7.58. The Hall–Kier alpha value is -2.08. The average molecular weight is 397 g/mol. The van der Waals surface area contributed by atoms with Crippen molar-refractivity contribution in [2.75, 3.05) is 25.1 Å². The number of carbonyl (C=O) groups excluding carboxylic acids is 1. The molecule has 6 heteroatoms. The van der Waals surface area contributed by atoms with Crippen molar-refractivity contribution in [2.45, 2.75) is 63.6 Å². The quantitative estimate of drug-likeness (QED) is 0.607. The molecule has 2 saturated heterocycles. The van der Waals surface area contributed by atoms with E-state index in [1.165, 1.54) is 31.2 Å². The molecule has 2 heterocycles. The van der Waals surface area contributed by atoms with E-state index in [1.807, 2.05) is 11.9 Å². The highest BCUT2D eigenvalue weighted by Crippen LogP contribution is 2.60. The lowest BCUT2D eigenvalue weighted by Crippen LogP contribution is -2.69. The second kappa shape index (κ2) is 7.63. The molecule has 3 atom stereocenters. The number of nitrogens with zero attached hydrogens (tertiary/aromatic N) is 2. The first kappa shape index (κ1) is 18.9. The Labute approximate surface area is 173 Å². The molecule has 1 amide bonds. The molecule has 5 rings (SSSR count). The summed E-state index contributed by atoms with van der Waals surface area (Å²) in [5.41, 5.74) is 2.51. The zero-order valence-electron chi connectivity index (χ0n) is 17.3. The highest BCUT2D eigenvalue weighted by molar-refractivity contribution is 5.95. The van der Waals surface area contributed by atoms with Crippen LogP contribution in [-0.4, -0.2) is 44.2 Å². The first-order chi connectivity index (χ1) is 14.2. The van der Waals surface area contributed by atoms with Gasteiger partial charge < -0.3 is 20.3 Å². The fourth-order valence-electron chi connectivity index (χ4n) is 6.15. The van der Waals surface area contributed by atoms with Gasteiger partial charge in [-0.15, -0.1) is 0 Å². The molecule has 1 spiro atoms. The number of hydrogen-bond acceptors (Lipinski definition) is 3. The fourth-order valence-corrected chi connectivity index (χ4v) is 6.15. The molecule has 0 bridgehead atoms. The van der Waals surface area contributed by atoms with E-state index >= 15 is 0 Å². The van der Waals surface area contributed by atoms with Crippen LogP contribution in [0.2, 0.25) is 0 Å². The highest BCUT2D eigenvalue weighted by Gasteiger charge is 2.65. The number of anilines is 1. The number of carbonyl (C=O) groups is 1. The summed E-state index contributed by atoms with van der Waals surface area (Å²) in [5, 5.41) is 7.23. The van der Waals surface area contributed by atoms with E-state index in [4.69, 9.17) is 4.74 Å². The predicted molar refractivity (Wildman–Crippen MR) is 114 cm³/mol. The van der Waals surface area contributed by atoms with Crippen LogP contribution in [0.15, 0.2) is 29.3 Å². The summed E-state index contributed by atoms with van der Waals surface area (Å²) in [4.78, 5) is 18.3. The molecule has 1 aromatic rings. The van der Waals surface area contributed by atoms with E-state index in [0.717, 1.165) is 44.2 Å². The summed E-state index contributed by atoms with van der Waals surface area (Å²) < 4.78 is 6.10. The van der Waals surface area contributed by atoms with Crippen molar-refractivity contribution < 1.29 is 9.53 Å². The standard InChI is InChI=1S/C23H32N4O2/c1-24-22(26-20-18-10-14-29-21(18)23(20)11-2-3-12-23)25-15-16-6-8-17(9-7-16)27-13-4-5-19(27)28/h6-9,18,20-21H,2-5,10-15H2,1H3,(H2,24,25,26). The maximum atomic E-state index is 11.9. The summed E-state index contributed by atoms with van der Waals surface area (Å²) in [6, 6.07) is 8.78. The van der Waals surface area contributed by atoms with Gasteiger partial charge in [0.15, 0.2) is 5.96 Å². The minimum atomic E-state index is 0.232. The van der Waals surface area contributed by atoms with Crippen LogP contribution in [0.25, 0.3) is 0 Å². The van der Waals surface area contributed by atoms with Crippen LogP contribution in [-0.2, 0) is 16.1 Å². The third kappa shape index (κ3) is 3.21. The summed E-state index contributed by atoms with van der Waals surface area (Å²) in [5.74, 6) is 1.74. The maximum absolute atomic E-state index is 11.9. The van der Waals surface area contributed by atoms with Crippen LogP contribution in [0.1, 0.15) is 50.5 Å². The van der Waals surface area contributed by atoms with Crippen LogP contribution >= 0.6 is 0 Å². The van der Waals surface area contributed by atoms with Crippen molar-refractivity contribution >= 4 is 17.6 Å². The van der Waals surface area contributed by atoms with Gasteiger partial charge >= 0.3 is 0 Å². The smallest absolute Gasteiger partial charge is 0.227 e. The van der Waals surface area contributed by atoms with E-state index in [9.17, 15) is 4.79 Å². The minimum absolute atomic E-state index is 0.232. The van der Waals surface area contributed by atoms with Gasteiger partial charge in [0.05, 0.1) is 6.10 Å². The number of hydrogen-bond donors (Lipinski definition) is 2. The molecule has 29 heavy (non-hydrogen) atoms. The Kier molecular flexibility index (Phi) is 4.98. The second-order valence-electron chi connectivity index (χ2n) is 9.05. The van der Waals surface area contributed by atoms with Crippen molar-refractivity contribution in [3.8, 4) is 0 Å². The Morgan fingerprint density at radius 3 is 2.72 bits per heavy atom. The lowest BCUT2D eigenvalue weighted by Gasteiger charge is -2.57. The summed E-state index contributed by atoms with van der Waals surface area (Å²) in [7, 11) is 1.85. The molecule has 2 aliphatic carbocycles.